The number of ether oxygens (including phenoxy) is 2. The van der Waals surface area contributed by atoms with Crippen LogP contribution in [0.3, 0.4) is 0 Å². The summed E-state index contributed by atoms with van der Waals surface area (Å²) in [6, 6.07) is 17.7. The van der Waals surface area contributed by atoms with E-state index in [1.165, 1.54) is 5.56 Å². The minimum absolute atomic E-state index is 0.00164. The maximum absolute atomic E-state index is 12.1. The van der Waals surface area contributed by atoms with E-state index in [9.17, 15) is 4.79 Å². The molecule has 0 bridgehead atoms. The van der Waals surface area contributed by atoms with E-state index in [0.29, 0.717) is 26.2 Å². The van der Waals surface area contributed by atoms with E-state index in [1.807, 2.05) is 60.5 Å². The highest BCUT2D eigenvalue weighted by molar-refractivity contribution is 5.78. The third kappa shape index (κ3) is 5.22. The molecule has 1 unspecified atom stereocenters. The zero-order valence-corrected chi connectivity index (χ0v) is 14.5. The Morgan fingerprint density at radius 1 is 1.20 bits per heavy atom. The van der Waals surface area contributed by atoms with Gasteiger partial charge >= 0.3 is 0 Å². The van der Waals surface area contributed by atoms with Crippen molar-refractivity contribution >= 4 is 5.91 Å². The van der Waals surface area contributed by atoms with Crippen molar-refractivity contribution in [2.75, 3.05) is 33.3 Å². The molecule has 0 saturated heterocycles. The Kier molecular flexibility index (Phi) is 5.90. The van der Waals surface area contributed by atoms with Crippen molar-refractivity contribution in [1.29, 1.82) is 0 Å². The second-order valence-electron chi connectivity index (χ2n) is 6.26. The number of nitrogens with zero attached hydrogens (tertiary/aromatic N) is 1. The third-order valence-electron chi connectivity index (χ3n) is 4.14. The number of amides is 1. The van der Waals surface area contributed by atoms with Gasteiger partial charge in [-0.15, -0.1) is 0 Å². The molecular formula is C20H24N2O3. The van der Waals surface area contributed by atoms with Crippen LogP contribution < -0.4 is 14.8 Å². The summed E-state index contributed by atoms with van der Waals surface area (Å²) < 4.78 is 11.5. The van der Waals surface area contributed by atoms with Crippen LogP contribution >= 0.6 is 0 Å². The molecule has 2 aromatic carbocycles. The van der Waals surface area contributed by atoms with Gasteiger partial charge in [0, 0.05) is 13.0 Å². The lowest BCUT2D eigenvalue weighted by molar-refractivity contribution is -0.122. The van der Waals surface area contributed by atoms with E-state index in [1.54, 1.807) is 0 Å². The molecule has 1 aliphatic rings. The Hall–Kier alpha value is -2.53. The van der Waals surface area contributed by atoms with E-state index in [2.05, 4.69) is 11.4 Å². The molecule has 2 aromatic rings. The number of carbonyl (C=O) groups is 1. The predicted molar refractivity (Wildman–Crippen MR) is 97.0 cm³/mol. The van der Waals surface area contributed by atoms with Gasteiger partial charge in [-0.1, -0.05) is 36.4 Å². The van der Waals surface area contributed by atoms with Gasteiger partial charge < -0.3 is 14.8 Å². The molecule has 25 heavy (non-hydrogen) atoms. The van der Waals surface area contributed by atoms with E-state index >= 15 is 0 Å². The summed E-state index contributed by atoms with van der Waals surface area (Å²) in [5, 5.41) is 2.95. The lowest BCUT2D eigenvalue weighted by Crippen LogP contribution is -2.41. The van der Waals surface area contributed by atoms with Crippen molar-refractivity contribution in [3.63, 3.8) is 0 Å². The smallest absolute Gasteiger partial charge is 0.234 e. The van der Waals surface area contributed by atoms with Gasteiger partial charge in [-0.3, -0.25) is 9.69 Å². The van der Waals surface area contributed by atoms with Crippen LogP contribution in [0.25, 0.3) is 0 Å². The average Bonchev–Trinajstić information content (AvgIpc) is 3.04. The van der Waals surface area contributed by atoms with E-state index in [-0.39, 0.29) is 12.0 Å². The Labute approximate surface area is 148 Å². The SMILES string of the molecule is CN(CCOc1ccccc1)CC(=O)NCC1Cc2ccccc2O1. The highest BCUT2D eigenvalue weighted by Gasteiger charge is 2.22. The van der Waals surface area contributed by atoms with Gasteiger partial charge in [0.05, 0.1) is 13.1 Å². The minimum atomic E-state index is 0.00164. The fraction of sp³-hybridized carbons (Fsp3) is 0.350. The molecule has 132 valence electrons. The maximum Gasteiger partial charge on any atom is 0.234 e. The van der Waals surface area contributed by atoms with Crippen LogP contribution in [0.1, 0.15) is 5.56 Å². The summed E-state index contributed by atoms with van der Waals surface area (Å²) >= 11 is 0. The molecule has 0 aliphatic carbocycles. The highest BCUT2D eigenvalue weighted by Crippen LogP contribution is 2.27. The second-order valence-corrected chi connectivity index (χ2v) is 6.26. The molecule has 0 radical (unpaired) electrons. The molecule has 1 aliphatic heterocycles. The van der Waals surface area contributed by atoms with Crippen molar-refractivity contribution < 1.29 is 14.3 Å². The Balaban J connectivity index is 1.31. The van der Waals surface area contributed by atoms with Crippen LogP contribution in [0.15, 0.2) is 54.6 Å². The number of benzene rings is 2. The zero-order chi connectivity index (χ0) is 17.5. The van der Waals surface area contributed by atoms with Crippen LogP contribution in [-0.4, -0.2) is 50.2 Å². The van der Waals surface area contributed by atoms with Crippen molar-refractivity contribution in [3.05, 3.63) is 60.2 Å². The number of nitrogens with one attached hydrogen (secondary N) is 1. The van der Waals surface area contributed by atoms with Gasteiger partial charge in [-0.25, -0.2) is 0 Å². The molecule has 0 aromatic heterocycles. The summed E-state index contributed by atoms with van der Waals surface area (Å²) in [6.45, 7) is 2.11. The average molecular weight is 340 g/mol. The first-order chi connectivity index (χ1) is 12.2. The molecule has 5 nitrogen and oxygen atoms in total. The summed E-state index contributed by atoms with van der Waals surface area (Å²) in [6.07, 6.45) is 0.866. The van der Waals surface area contributed by atoms with Gasteiger partial charge in [-0.05, 0) is 30.8 Å². The molecule has 1 amide bonds. The number of fused-ring (bicyclic) bond motifs is 1. The van der Waals surface area contributed by atoms with Gasteiger partial charge in [0.15, 0.2) is 0 Å². The number of likely N-dealkylation sites (N-methyl/N-ethyl adjacent to an activating group) is 1. The quantitative estimate of drug-likeness (QED) is 0.800. The largest absolute Gasteiger partial charge is 0.492 e. The van der Waals surface area contributed by atoms with Gasteiger partial charge in [0.2, 0.25) is 5.91 Å². The molecule has 0 spiro atoms. The van der Waals surface area contributed by atoms with Gasteiger partial charge in [0.1, 0.15) is 24.2 Å². The lowest BCUT2D eigenvalue weighted by Gasteiger charge is -2.18. The van der Waals surface area contributed by atoms with Gasteiger partial charge in [-0.2, -0.15) is 0 Å². The Morgan fingerprint density at radius 2 is 1.96 bits per heavy atom. The van der Waals surface area contributed by atoms with Crippen molar-refractivity contribution in [2.24, 2.45) is 0 Å². The summed E-state index contributed by atoms with van der Waals surface area (Å²) in [7, 11) is 1.91. The van der Waals surface area contributed by atoms with Gasteiger partial charge in [0.25, 0.3) is 0 Å². The molecule has 3 rings (SSSR count). The second kappa shape index (κ2) is 8.53. The van der Waals surface area contributed by atoms with E-state index in [4.69, 9.17) is 9.47 Å². The molecule has 0 fully saturated rings. The monoisotopic (exact) mass is 340 g/mol. The van der Waals surface area contributed by atoms with Crippen LogP contribution in [-0.2, 0) is 11.2 Å². The summed E-state index contributed by atoms with van der Waals surface area (Å²) in [5.74, 6) is 1.77. The van der Waals surface area contributed by atoms with E-state index < -0.39 is 0 Å². The topological polar surface area (TPSA) is 50.8 Å². The first-order valence-corrected chi connectivity index (χ1v) is 8.58. The van der Waals surface area contributed by atoms with Crippen LogP contribution in [0.4, 0.5) is 0 Å². The maximum atomic E-state index is 12.1. The number of hydrogen-bond donors (Lipinski definition) is 1. The fourth-order valence-corrected chi connectivity index (χ4v) is 2.81. The Bertz CT molecular complexity index is 665. The van der Waals surface area contributed by atoms with Crippen molar-refractivity contribution in [1.82, 2.24) is 10.2 Å². The predicted octanol–water partition coefficient (Wildman–Crippen LogP) is 2.12. The van der Waals surface area contributed by atoms with Crippen LogP contribution in [0.5, 0.6) is 11.5 Å². The van der Waals surface area contributed by atoms with E-state index in [0.717, 1.165) is 17.9 Å². The fourth-order valence-electron chi connectivity index (χ4n) is 2.81. The number of rotatable bonds is 8. The van der Waals surface area contributed by atoms with Crippen LogP contribution in [0.2, 0.25) is 0 Å². The number of hydrogen-bond acceptors (Lipinski definition) is 4. The normalized spacial score (nSPS) is 15.5. The molecule has 1 atom stereocenters. The molecule has 0 saturated carbocycles. The first-order valence-electron chi connectivity index (χ1n) is 8.58. The highest BCUT2D eigenvalue weighted by atomic mass is 16.5. The first kappa shape index (κ1) is 17.3. The summed E-state index contributed by atoms with van der Waals surface area (Å²) in [5.41, 5.74) is 1.21. The zero-order valence-electron chi connectivity index (χ0n) is 14.5. The lowest BCUT2D eigenvalue weighted by atomic mass is 10.1. The standard InChI is InChI=1S/C20H24N2O3/c1-22(11-12-24-17-8-3-2-4-9-17)15-20(23)21-14-18-13-16-7-5-6-10-19(16)25-18/h2-10,18H,11-15H2,1H3,(H,21,23). The molecule has 1 heterocycles. The minimum Gasteiger partial charge on any atom is -0.492 e. The molecule has 1 N–H and O–H groups in total. The van der Waals surface area contributed by atoms with Crippen LogP contribution in [0, 0.1) is 0 Å². The molecule has 5 heteroatoms. The van der Waals surface area contributed by atoms with Crippen molar-refractivity contribution in [3.8, 4) is 11.5 Å². The number of carbonyl (C=O) groups excluding carboxylic acids is 1. The summed E-state index contributed by atoms with van der Waals surface area (Å²) in [4.78, 5) is 14.0. The Morgan fingerprint density at radius 3 is 2.76 bits per heavy atom. The molecular weight excluding hydrogens is 316 g/mol. The number of para-hydroxylation sites is 2. The third-order valence-corrected chi connectivity index (χ3v) is 4.14. The van der Waals surface area contributed by atoms with Crippen molar-refractivity contribution in [2.45, 2.75) is 12.5 Å².